The van der Waals surface area contributed by atoms with Crippen molar-refractivity contribution in [3.05, 3.63) is 33.8 Å². The van der Waals surface area contributed by atoms with E-state index in [1.54, 1.807) is 0 Å². The van der Waals surface area contributed by atoms with E-state index in [9.17, 15) is 18.0 Å². The molecule has 0 aliphatic carbocycles. The molecule has 0 atom stereocenters. The van der Waals surface area contributed by atoms with Gasteiger partial charge < -0.3 is 4.90 Å². The Kier molecular flexibility index (Phi) is 4.18. The molecule has 1 aromatic rings. The molecule has 0 unspecified atom stereocenters. The number of nitrogens with zero attached hydrogens (tertiary/aromatic N) is 1. The monoisotopic (exact) mass is 335 g/mol. The van der Waals surface area contributed by atoms with Crippen molar-refractivity contribution in [1.29, 1.82) is 0 Å². The minimum absolute atomic E-state index is 0.266. The molecule has 0 bridgehead atoms. The van der Waals surface area contributed by atoms with E-state index in [0.717, 1.165) is 25.3 Å². The highest BCUT2D eigenvalue weighted by Crippen LogP contribution is 2.34. The molecule has 19 heavy (non-hydrogen) atoms. The lowest BCUT2D eigenvalue weighted by molar-refractivity contribution is -0.138. The highest BCUT2D eigenvalue weighted by Gasteiger charge is 2.36. The number of piperidine rings is 1. The molecule has 1 heterocycles. The number of carbonyl (C=O) groups is 1. The largest absolute Gasteiger partial charge is 0.417 e. The normalized spacial score (nSPS) is 16.5. The van der Waals surface area contributed by atoms with E-state index in [1.807, 2.05) is 0 Å². The van der Waals surface area contributed by atoms with Gasteiger partial charge in [0.25, 0.3) is 5.91 Å². The van der Waals surface area contributed by atoms with Gasteiger partial charge in [-0.3, -0.25) is 4.79 Å². The molecule has 1 fully saturated rings. The van der Waals surface area contributed by atoms with Gasteiger partial charge in [0, 0.05) is 17.6 Å². The summed E-state index contributed by atoms with van der Waals surface area (Å²) in [6.45, 7) is 1.07. The molecule has 0 saturated carbocycles. The molecule has 1 aliphatic heterocycles. The number of amides is 1. The first-order chi connectivity index (χ1) is 8.89. The predicted octanol–water partition coefficient (Wildman–Crippen LogP) is 4.09. The second-order valence-corrected chi connectivity index (χ2v) is 5.46. The van der Waals surface area contributed by atoms with Crippen molar-refractivity contribution in [3.63, 3.8) is 0 Å². The van der Waals surface area contributed by atoms with E-state index in [1.165, 1.54) is 17.0 Å². The molecule has 6 heteroatoms. The number of hydrogen-bond donors (Lipinski definition) is 0. The van der Waals surface area contributed by atoms with Crippen LogP contribution in [0.5, 0.6) is 0 Å². The van der Waals surface area contributed by atoms with Gasteiger partial charge in [0.2, 0.25) is 0 Å². The Morgan fingerprint density at radius 3 is 2.37 bits per heavy atom. The summed E-state index contributed by atoms with van der Waals surface area (Å²) in [4.78, 5) is 13.7. The van der Waals surface area contributed by atoms with Crippen molar-refractivity contribution in [1.82, 2.24) is 4.90 Å². The predicted molar refractivity (Wildman–Crippen MR) is 68.9 cm³/mol. The first kappa shape index (κ1) is 14.4. The van der Waals surface area contributed by atoms with Gasteiger partial charge in [0.05, 0.1) is 11.1 Å². The fourth-order valence-electron chi connectivity index (χ4n) is 2.20. The van der Waals surface area contributed by atoms with E-state index in [0.29, 0.717) is 17.6 Å². The van der Waals surface area contributed by atoms with E-state index in [2.05, 4.69) is 15.9 Å². The van der Waals surface area contributed by atoms with E-state index < -0.39 is 17.6 Å². The summed E-state index contributed by atoms with van der Waals surface area (Å²) in [7, 11) is 0. The Morgan fingerprint density at radius 2 is 1.79 bits per heavy atom. The van der Waals surface area contributed by atoms with Crippen LogP contribution < -0.4 is 0 Å². The zero-order valence-electron chi connectivity index (χ0n) is 10.1. The highest BCUT2D eigenvalue weighted by atomic mass is 79.9. The lowest BCUT2D eigenvalue weighted by atomic mass is 10.0. The third-order valence-corrected chi connectivity index (χ3v) is 3.65. The van der Waals surface area contributed by atoms with Crippen LogP contribution in [-0.2, 0) is 6.18 Å². The molecular weight excluding hydrogens is 323 g/mol. The molecule has 2 rings (SSSR count). The molecule has 0 aromatic heterocycles. The topological polar surface area (TPSA) is 20.3 Å². The molecule has 1 amide bonds. The Morgan fingerprint density at radius 1 is 1.16 bits per heavy atom. The summed E-state index contributed by atoms with van der Waals surface area (Å²) in [5, 5.41) is 0. The molecule has 0 N–H and O–H groups in total. The van der Waals surface area contributed by atoms with Crippen LogP contribution >= 0.6 is 15.9 Å². The number of likely N-dealkylation sites (tertiary alicyclic amines) is 1. The Balaban J connectivity index is 2.35. The van der Waals surface area contributed by atoms with Gasteiger partial charge in [-0.25, -0.2) is 0 Å². The number of halogens is 4. The van der Waals surface area contributed by atoms with Crippen LogP contribution in [0.2, 0.25) is 0 Å². The lowest BCUT2D eigenvalue weighted by Gasteiger charge is -2.27. The van der Waals surface area contributed by atoms with Crippen molar-refractivity contribution in [3.8, 4) is 0 Å². The molecule has 1 saturated heterocycles. The summed E-state index contributed by atoms with van der Waals surface area (Å²) in [5.41, 5.74) is -1.14. The molecule has 2 nitrogen and oxygen atoms in total. The maximum atomic E-state index is 13.0. The van der Waals surface area contributed by atoms with Crippen LogP contribution in [-0.4, -0.2) is 23.9 Å². The van der Waals surface area contributed by atoms with Crippen LogP contribution in [0.25, 0.3) is 0 Å². The third-order valence-electron chi connectivity index (χ3n) is 3.16. The van der Waals surface area contributed by atoms with Crippen LogP contribution in [0.3, 0.4) is 0 Å². The Labute approximate surface area is 117 Å². The van der Waals surface area contributed by atoms with E-state index >= 15 is 0 Å². The Bertz CT molecular complexity index is 481. The summed E-state index contributed by atoms with van der Waals surface area (Å²) < 4.78 is 39.2. The van der Waals surface area contributed by atoms with Crippen molar-refractivity contribution in [2.75, 3.05) is 13.1 Å². The van der Waals surface area contributed by atoms with Gasteiger partial charge in [-0.2, -0.15) is 13.2 Å². The second-order valence-electron chi connectivity index (χ2n) is 4.54. The van der Waals surface area contributed by atoms with Gasteiger partial charge >= 0.3 is 6.18 Å². The lowest BCUT2D eigenvalue weighted by Crippen LogP contribution is -2.36. The quantitative estimate of drug-likeness (QED) is 0.756. The maximum Gasteiger partial charge on any atom is 0.417 e. The zero-order chi connectivity index (χ0) is 14.0. The van der Waals surface area contributed by atoms with Crippen molar-refractivity contribution in [2.24, 2.45) is 0 Å². The maximum absolute atomic E-state index is 13.0. The minimum Gasteiger partial charge on any atom is -0.339 e. The standard InChI is InChI=1S/C13H13BrF3NO/c14-9-4-5-10(11(8-9)13(15,16)17)12(19)18-6-2-1-3-7-18/h4-5,8H,1-3,6-7H2. The van der Waals surface area contributed by atoms with E-state index in [4.69, 9.17) is 0 Å². The van der Waals surface area contributed by atoms with Gasteiger partial charge in [-0.15, -0.1) is 0 Å². The number of rotatable bonds is 1. The first-order valence-electron chi connectivity index (χ1n) is 6.05. The summed E-state index contributed by atoms with van der Waals surface area (Å²) in [6.07, 6.45) is -1.80. The van der Waals surface area contributed by atoms with Gasteiger partial charge in [0.1, 0.15) is 0 Å². The molecule has 104 valence electrons. The average Bonchev–Trinajstić information content (AvgIpc) is 2.38. The van der Waals surface area contributed by atoms with Crippen LogP contribution in [0.1, 0.15) is 35.2 Å². The molecule has 0 radical (unpaired) electrons. The molecule has 1 aliphatic rings. The number of carbonyl (C=O) groups excluding carboxylic acids is 1. The number of hydrogen-bond acceptors (Lipinski definition) is 1. The number of alkyl halides is 3. The summed E-state index contributed by atoms with van der Waals surface area (Å²) in [5.74, 6) is -0.528. The van der Waals surface area contributed by atoms with Crippen molar-refractivity contribution in [2.45, 2.75) is 25.4 Å². The highest BCUT2D eigenvalue weighted by molar-refractivity contribution is 9.10. The first-order valence-corrected chi connectivity index (χ1v) is 6.85. The SMILES string of the molecule is O=C(c1ccc(Br)cc1C(F)(F)F)N1CCCCC1. The van der Waals surface area contributed by atoms with E-state index in [-0.39, 0.29) is 5.56 Å². The fourth-order valence-corrected chi connectivity index (χ4v) is 2.57. The van der Waals surface area contributed by atoms with Crippen molar-refractivity contribution < 1.29 is 18.0 Å². The van der Waals surface area contributed by atoms with Crippen molar-refractivity contribution >= 4 is 21.8 Å². The zero-order valence-corrected chi connectivity index (χ0v) is 11.7. The van der Waals surface area contributed by atoms with Gasteiger partial charge in [0.15, 0.2) is 0 Å². The molecular formula is C13H13BrF3NO. The fraction of sp³-hybridized carbons (Fsp3) is 0.462. The van der Waals surface area contributed by atoms with Crippen LogP contribution in [0.4, 0.5) is 13.2 Å². The second kappa shape index (κ2) is 5.53. The average molecular weight is 336 g/mol. The number of benzene rings is 1. The summed E-state index contributed by atoms with van der Waals surface area (Å²) >= 11 is 3.01. The molecule has 1 aromatic carbocycles. The van der Waals surface area contributed by atoms with Gasteiger partial charge in [-0.1, -0.05) is 15.9 Å². The third kappa shape index (κ3) is 3.29. The smallest absolute Gasteiger partial charge is 0.339 e. The minimum atomic E-state index is -4.52. The van der Waals surface area contributed by atoms with Crippen LogP contribution in [0.15, 0.2) is 22.7 Å². The summed E-state index contributed by atoms with van der Waals surface area (Å²) in [6, 6.07) is 3.66. The van der Waals surface area contributed by atoms with Crippen LogP contribution in [0, 0.1) is 0 Å². The molecule has 0 spiro atoms. The Hall–Kier alpha value is -1.04. The van der Waals surface area contributed by atoms with Gasteiger partial charge in [-0.05, 0) is 37.5 Å².